The molecule has 190 valence electrons. The van der Waals surface area contributed by atoms with E-state index < -0.39 is 0 Å². The van der Waals surface area contributed by atoms with Gasteiger partial charge in [0.1, 0.15) is 0 Å². The van der Waals surface area contributed by atoms with Gasteiger partial charge < -0.3 is 30.3 Å². The number of hydrogen-bond acceptors (Lipinski definition) is 6. The summed E-state index contributed by atoms with van der Waals surface area (Å²) in [5.74, 6) is 1.43. The van der Waals surface area contributed by atoms with Gasteiger partial charge in [0.25, 0.3) is 0 Å². The second kappa shape index (κ2) is 17.1. The van der Waals surface area contributed by atoms with Crippen molar-refractivity contribution >= 4 is 0 Å². The molecule has 0 aliphatic carbocycles. The van der Waals surface area contributed by atoms with Gasteiger partial charge in [0.05, 0.1) is 14.2 Å². The van der Waals surface area contributed by atoms with Gasteiger partial charge in [-0.2, -0.15) is 0 Å². The molecule has 2 rings (SSSR count). The maximum atomic E-state index is 9.81. The van der Waals surface area contributed by atoms with Gasteiger partial charge in [-0.05, 0) is 61.3 Å². The van der Waals surface area contributed by atoms with Crippen LogP contribution in [0.1, 0.15) is 75.3 Å². The van der Waals surface area contributed by atoms with Gasteiger partial charge in [-0.1, -0.05) is 63.5 Å². The van der Waals surface area contributed by atoms with Crippen molar-refractivity contribution in [3.8, 4) is 23.0 Å². The standard InChI is InChI=1S/C28H44N2O4/c1-33-27-15-13-23(19-25(27)31)21-29-17-11-9-7-5-3-4-6-8-10-12-18-30-22-24-14-16-28(34-2)26(32)20-24/h13-16,19-20,29-32H,3-12,17-18,21-22H2,1-2H3. The first-order valence-electron chi connectivity index (χ1n) is 12.8. The minimum Gasteiger partial charge on any atom is -0.504 e. The average Bonchev–Trinajstić information content (AvgIpc) is 2.84. The van der Waals surface area contributed by atoms with Crippen LogP contribution in [0.25, 0.3) is 0 Å². The maximum Gasteiger partial charge on any atom is 0.160 e. The number of methoxy groups -OCH3 is 2. The Bertz CT molecular complexity index is 745. The van der Waals surface area contributed by atoms with Crippen LogP contribution in [0.2, 0.25) is 0 Å². The largest absolute Gasteiger partial charge is 0.504 e. The SMILES string of the molecule is COc1ccc(CNCCCCCCCCCCCCNCc2ccc(OC)c(O)c2)cc1O. The Labute approximate surface area is 205 Å². The minimum absolute atomic E-state index is 0.199. The molecule has 0 heterocycles. The van der Waals surface area contributed by atoms with Crippen molar-refractivity contribution < 1.29 is 19.7 Å². The molecule has 2 aromatic rings. The number of aromatic hydroxyl groups is 2. The summed E-state index contributed by atoms with van der Waals surface area (Å²) in [5, 5.41) is 26.5. The third-order valence-corrected chi connectivity index (χ3v) is 6.10. The summed E-state index contributed by atoms with van der Waals surface area (Å²) in [6.45, 7) is 3.58. The Hall–Kier alpha value is -2.44. The lowest BCUT2D eigenvalue weighted by molar-refractivity contribution is 0.373. The number of benzene rings is 2. The van der Waals surface area contributed by atoms with Crippen molar-refractivity contribution in [3.63, 3.8) is 0 Å². The first kappa shape index (κ1) is 27.8. The number of phenols is 2. The van der Waals surface area contributed by atoms with E-state index in [2.05, 4.69) is 10.6 Å². The molecular weight excluding hydrogens is 428 g/mol. The van der Waals surface area contributed by atoms with Gasteiger partial charge in [-0.25, -0.2) is 0 Å². The molecule has 0 bridgehead atoms. The second-order valence-electron chi connectivity index (χ2n) is 8.90. The Morgan fingerprint density at radius 3 is 1.24 bits per heavy atom. The number of nitrogens with one attached hydrogen (secondary N) is 2. The predicted octanol–water partition coefficient (Wildman–Crippen LogP) is 5.90. The van der Waals surface area contributed by atoms with Gasteiger partial charge in [-0.15, -0.1) is 0 Å². The maximum absolute atomic E-state index is 9.81. The first-order chi connectivity index (χ1) is 16.6. The van der Waals surface area contributed by atoms with E-state index in [1.165, 1.54) is 64.2 Å². The summed E-state index contributed by atoms with van der Waals surface area (Å²) >= 11 is 0. The normalized spacial score (nSPS) is 11.0. The molecule has 0 saturated carbocycles. The first-order valence-corrected chi connectivity index (χ1v) is 12.8. The second-order valence-corrected chi connectivity index (χ2v) is 8.90. The molecule has 4 N–H and O–H groups in total. The zero-order valence-corrected chi connectivity index (χ0v) is 21.1. The summed E-state index contributed by atoms with van der Waals surface area (Å²) in [5.41, 5.74) is 2.15. The third-order valence-electron chi connectivity index (χ3n) is 6.10. The molecule has 0 saturated heterocycles. The van der Waals surface area contributed by atoms with Crippen LogP contribution in [0.5, 0.6) is 23.0 Å². The molecule has 0 atom stereocenters. The highest BCUT2D eigenvalue weighted by Gasteiger charge is 2.03. The van der Waals surface area contributed by atoms with Crippen LogP contribution in [-0.2, 0) is 13.1 Å². The van der Waals surface area contributed by atoms with Crippen LogP contribution in [0.4, 0.5) is 0 Å². The van der Waals surface area contributed by atoms with E-state index in [1.54, 1.807) is 38.5 Å². The zero-order chi connectivity index (χ0) is 24.4. The Balaban J connectivity index is 1.33. The zero-order valence-electron chi connectivity index (χ0n) is 21.1. The van der Waals surface area contributed by atoms with Gasteiger partial charge >= 0.3 is 0 Å². The lowest BCUT2D eigenvalue weighted by Gasteiger charge is -2.08. The van der Waals surface area contributed by atoms with Gasteiger partial charge in [0.2, 0.25) is 0 Å². The number of hydrogen-bond donors (Lipinski definition) is 4. The van der Waals surface area contributed by atoms with E-state index in [4.69, 9.17) is 9.47 Å². The highest BCUT2D eigenvalue weighted by Crippen LogP contribution is 2.26. The third kappa shape index (κ3) is 11.1. The van der Waals surface area contributed by atoms with E-state index in [1.807, 2.05) is 12.1 Å². The van der Waals surface area contributed by atoms with Crippen LogP contribution in [-0.4, -0.2) is 37.5 Å². The van der Waals surface area contributed by atoms with Crippen molar-refractivity contribution in [2.75, 3.05) is 27.3 Å². The Morgan fingerprint density at radius 2 is 0.912 bits per heavy atom. The van der Waals surface area contributed by atoms with Gasteiger partial charge in [-0.3, -0.25) is 0 Å². The van der Waals surface area contributed by atoms with E-state index in [-0.39, 0.29) is 11.5 Å². The molecule has 0 aliphatic rings. The molecule has 6 heteroatoms. The van der Waals surface area contributed by atoms with Crippen molar-refractivity contribution in [2.24, 2.45) is 0 Å². The highest BCUT2D eigenvalue weighted by atomic mass is 16.5. The molecule has 0 aromatic heterocycles. The lowest BCUT2D eigenvalue weighted by Crippen LogP contribution is -2.14. The molecular formula is C28H44N2O4. The highest BCUT2D eigenvalue weighted by molar-refractivity contribution is 5.42. The molecule has 0 spiro atoms. The lowest BCUT2D eigenvalue weighted by atomic mass is 10.1. The van der Waals surface area contributed by atoms with Crippen LogP contribution in [0, 0.1) is 0 Å². The minimum atomic E-state index is 0.199. The molecule has 2 aromatic carbocycles. The quantitative estimate of drug-likeness (QED) is 0.191. The molecule has 0 amide bonds. The number of phenolic OH excluding ortho intramolecular Hbond substituents is 2. The van der Waals surface area contributed by atoms with Crippen molar-refractivity contribution in [1.29, 1.82) is 0 Å². The topological polar surface area (TPSA) is 83.0 Å². The summed E-state index contributed by atoms with van der Waals surface area (Å²) in [6.07, 6.45) is 12.9. The van der Waals surface area contributed by atoms with Crippen LogP contribution >= 0.6 is 0 Å². The van der Waals surface area contributed by atoms with E-state index in [0.29, 0.717) is 11.5 Å². The fourth-order valence-corrected chi connectivity index (χ4v) is 4.07. The molecule has 0 fully saturated rings. The van der Waals surface area contributed by atoms with Crippen LogP contribution in [0.15, 0.2) is 36.4 Å². The Morgan fingerprint density at radius 1 is 0.559 bits per heavy atom. The summed E-state index contributed by atoms with van der Waals surface area (Å²) in [7, 11) is 3.12. The fraction of sp³-hybridized carbons (Fsp3) is 0.571. The number of ether oxygens (including phenoxy) is 2. The monoisotopic (exact) mass is 472 g/mol. The molecule has 0 aliphatic heterocycles. The molecule has 0 unspecified atom stereocenters. The fourth-order valence-electron chi connectivity index (χ4n) is 4.07. The van der Waals surface area contributed by atoms with Gasteiger partial charge in [0, 0.05) is 13.1 Å². The summed E-state index contributed by atoms with van der Waals surface area (Å²) in [6, 6.07) is 11.1. The molecule has 34 heavy (non-hydrogen) atoms. The van der Waals surface area contributed by atoms with Crippen molar-refractivity contribution in [3.05, 3.63) is 47.5 Å². The van der Waals surface area contributed by atoms with E-state index in [0.717, 1.165) is 37.3 Å². The molecule has 6 nitrogen and oxygen atoms in total. The molecule has 0 radical (unpaired) electrons. The number of unbranched alkanes of at least 4 members (excludes halogenated alkanes) is 9. The van der Waals surface area contributed by atoms with Crippen molar-refractivity contribution in [1.82, 2.24) is 10.6 Å². The number of rotatable bonds is 19. The average molecular weight is 473 g/mol. The van der Waals surface area contributed by atoms with E-state index >= 15 is 0 Å². The predicted molar refractivity (Wildman–Crippen MR) is 139 cm³/mol. The smallest absolute Gasteiger partial charge is 0.160 e. The summed E-state index contributed by atoms with van der Waals surface area (Å²) in [4.78, 5) is 0. The van der Waals surface area contributed by atoms with Gasteiger partial charge in [0.15, 0.2) is 23.0 Å². The van der Waals surface area contributed by atoms with Crippen LogP contribution in [0.3, 0.4) is 0 Å². The summed E-state index contributed by atoms with van der Waals surface area (Å²) < 4.78 is 10.1. The Kier molecular flexibility index (Phi) is 14.0. The van der Waals surface area contributed by atoms with Crippen LogP contribution < -0.4 is 20.1 Å². The van der Waals surface area contributed by atoms with E-state index in [9.17, 15) is 10.2 Å². The van der Waals surface area contributed by atoms with Crippen molar-refractivity contribution in [2.45, 2.75) is 77.3 Å².